The Morgan fingerprint density at radius 3 is 2.80 bits per heavy atom. The number of benzene rings is 1. The lowest BCUT2D eigenvalue weighted by Crippen LogP contribution is -2.28. The highest BCUT2D eigenvalue weighted by Crippen LogP contribution is 2.20. The van der Waals surface area contributed by atoms with Gasteiger partial charge in [0.15, 0.2) is 0 Å². The molecule has 1 unspecified atom stereocenters. The highest BCUT2D eigenvalue weighted by atomic mass is 16.5. The van der Waals surface area contributed by atoms with Crippen molar-refractivity contribution in [1.82, 2.24) is 5.43 Å². The topological polar surface area (TPSA) is 56.5 Å². The van der Waals surface area contributed by atoms with Gasteiger partial charge in [0.2, 0.25) is 0 Å². The van der Waals surface area contributed by atoms with Crippen LogP contribution in [0.2, 0.25) is 0 Å². The number of hydrogen-bond acceptors (Lipinski definition) is 4. The van der Waals surface area contributed by atoms with Gasteiger partial charge in [0.25, 0.3) is 0 Å². The molecule has 1 aromatic rings. The van der Waals surface area contributed by atoms with Crippen molar-refractivity contribution in [3.05, 3.63) is 29.8 Å². The molecular formula is C11H18N2O2. The standard InChI is InChI=1S/C11H18N2O2/c1-14-7-6-11(13-12)9-4-3-5-10(8-9)15-2/h3-5,8,11,13H,6-7,12H2,1-2H3. The highest BCUT2D eigenvalue weighted by molar-refractivity contribution is 5.30. The molecule has 1 atom stereocenters. The van der Waals surface area contributed by atoms with Gasteiger partial charge in [-0.3, -0.25) is 11.3 Å². The third kappa shape index (κ3) is 3.51. The Kier molecular flexibility index (Phi) is 5.10. The minimum Gasteiger partial charge on any atom is -0.497 e. The zero-order chi connectivity index (χ0) is 11.1. The van der Waals surface area contributed by atoms with E-state index < -0.39 is 0 Å². The molecule has 0 saturated carbocycles. The highest BCUT2D eigenvalue weighted by Gasteiger charge is 2.09. The van der Waals surface area contributed by atoms with Crippen molar-refractivity contribution >= 4 is 0 Å². The van der Waals surface area contributed by atoms with Crippen molar-refractivity contribution in [2.45, 2.75) is 12.5 Å². The first-order valence-corrected chi connectivity index (χ1v) is 4.90. The fraction of sp³-hybridized carbons (Fsp3) is 0.455. The minimum absolute atomic E-state index is 0.0973. The molecule has 0 fully saturated rings. The van der Waals surface area contributed by atoms with Crippen LogP contribution in [0.15, 0.2) is 24.3 Å². The molecule has 4 heteroatoms. The summed E-state index contributed by atoms with van der Waals surface area (Å²) >= 11 is 0. The van der Waals surface area contributed by atoms with Gasteiger partial charge in [-0.25, -0.2) is 0 Å². The Bertz CT molecular complexity index is 292. The van der Waals surface area contributed by atoms with E-state index in [1.54, 1.807) is 14.2 Å². The average molecular weight is 210 g/mol. The summed E-state index contributed by atoms with van der Waals surface area (Å²) in [4.78, 5) is 0. The van der Waals surface area contributed by atoms with Gasteiger partial charge in [-0.15, -0.1) is 0 Å². The van der Waals surface area contributed by atoms with Crippen LogP contribution in [-0.4, -0.2) is 20.8 Å². The second-order valence-corrected chi connectivity index (χ2v) is 3.28. The van der Waals surface area contributed by atoms with Crippen LogP contribution in [0.5, 0.6) is 5.75 Å². The lowest BCUT2D eigenvalue weighted by atomic mass is 10.0. The second kappa shape index (κ2) is 6.40. The smallest absolute Gasteiger partial charge is 0.119 e. The van der Waals surface area contributed by atoms with Crippen LogP contribution >= 0.6 is 0 Å². The van der Waals surface area contributed by atoms with Crippen LogP contribution in [0.3, 0.4) is 0 Å². The molecule has 84 valence electrons. The Morgan fingerprint density at radius 2 is 2.20 bits per heavy atom. The fourth-order valence-corrected chi connectivity index (χ4v) is 1.44. The number of hydrazine groups is 1. The van der Waals surface area contributed by atoms with Gasteiger partial charge in [-0.2, -0.15) is 0 Å². The Labute approximate surface area is 90.3 Å². The number of rotatable bonds is 6. The average Bonchev–Trinajstić information content (AvgIpc) is 2.30. The summed E-state index contributed by atoms with van der Waals surface area (Å²) in [5.74, 6) is 6.33. The third-order valence-electron chi connectivity index (χ3n) is 2.31. The first kappa shape index (κ1) is 12.0. The van der Waals surface area contributed by atoms with Crippen LogP contribution in [-0.2, 0) is 4.74 Å². The minimum atomic E-state index is 0.0973. The predicted octanol–water partition coefficient (Wildman–Crippen LogP) is 1.24. The Hall–Kier alpha value is -1.10. The van der Waals surface area contributed by atoms with Gasteiger partial charge >= 0.3 is 0 Å². The molecule has 15 heavy (non-hydrogen) atoms. The van der Waals surface area contributed by atoms with Crippen molar-refractivity contribution in [3.8, 4) is 5.75 Å². The van der Waals surface area contributed by atoms with Crippen LogP contribution < -0.4 is 16.0 Å². The van der Waals surface area contributed by atoms with Crippen molar-refractivity contribution in [3.63, 3.8) is 0 Å². The summed E-state index contributed by atoms with van der Waals surface area (Å²) in [6.07, 6.45) is 0.833. The van der Waals surface area contributed by atoms with E-state index in [1.165, 1.54) is 0 Å². The van der Waals surface area contributed by atoms with E-state index in [9.17, 15) is 0 Å². The summed E-state index contributed by atoms with van der Waals surface area (Å²) in [5, 5.41) is 0. The van der Waals surface area contributed by atoms with E-state index in [1.807, 2.05) is 24.3 Å². The van der Waals surface area contributed by atoms with E-state index in [0.717, 1.165) is 17.7 Å². The molecule has 0 aliphatic heterocycles. The number of methoxy groups -OCH3 is 2. The zero-order valence-electron chi connectivity index (χ0n) is 9.19. The molecule has 3 N–H and O–H groups in total. The lowest BCUT2D eigenvalue weighted by molar-refractivity contribution is 0.183. The second-order valence-electron chi connectivity index (χ2n) is 3.28. The largest absolute Gasteiger partial charge is 0.497 e. The van der Waals surface area contributed by atoms with Crippen LogP contribution in [0, 0.1) is 0 Å². The molecule has 0 heterocycles. The van der Waals surface area contributed by atoms with E-state index in [0.29, 0.717) is 6.61 Å². The maximum absolute atomic E-state index is 5.49. The number of ether oxygens (including phenoxy) is 2. The molecule has 0 radical (unpaired) electrons. The SMILES string of the molecule is COCCC(NN)c1cccc(OC)c1. The fourth-order valence-electron chi connectivity index (χ4n) is 1.44. The predicted molar refractivity (Wildman–Crippen MR) is 59.6 cm³/mol. The first-order chi connectivity index (χ1) is 7.31. The van der Waals surface area contributed by atoms with Gasteiger partial charge in [0.05, 0.1) is 7.11 Å². The van der Waals surface area contributed by atoms with Gasteiger partial charge in [-0.1, -0.05) is 12.1 Å². The summed E-state index contributed by atoms with van der Waals surface area (Å²) < 4.78 is 10.2. The van der Waals surface area contributed by atoms with Crippen LogP contribution in [0.4, 0.5) is 0 Å². The maximum Gasteiger partial charge on any atom is 0.119 e. The molecule has 1 aromatic carbocycles. The molecular weight excluding hydrogens is 192 g/mol. The molecule has 0 amide bonds. The van der Waals surface area contributed by atoms with Crippen LogP contribution in [0.1, 0.15) is 18.0 Å². The molecule has 4 nitrogen and oxygen atoms in total. The van der Waals surface area contributed by atoms with Gasteiger partial charge in [0, 0.05) is 19.8 Å². The van der Waals surface area contributed by atoms with Crippen LogP contribution in [0.25, 0.3) is 0 Å². The molecule has 0 aliphatic rings. The molecule has 0 bridgehead atoms. The monoisotopic (exact) mass is 210 g/mol. The van der Waals surface area contributed by atoms with Crippen molar-refractivity contribution in [2.24, 2.45) is 5.84 Å². The van der Waals surface area contributed by atoms with E-state index in [4.69, 9.17) is 15.3 Å². The summed E-state index contributed by atoms with van der Waals surface area (Å²) in [6, 6.07) is 7.95. The van der Waals surface area contributed by atoms with Gasteiger partial charge in [-0.05, 0) is 24.1 Å². The maximum atomic E-state index is 5.49. The normalized spacial score (nSPS) is 12.5. The summed E-state index contributed by atoms with van der Waals surface area (Å²) in [6.45, 7) is 0.673. The Morgan fingerprint density at radius 1 is 1.40 bits per heavy atom. The van der Waals surface area contributed by atoms with Crippen molar-refractivity contribution < 1.29 is 9.47 Å². The van der Waals surface area contributed by atoms with E-state index in [2.05, 4.69) is 5.43 Å². The lowest BCUT2D eigenvalue weighted by Gasteiger charge is -2.16. The van der Waals surface area contributed by atoms with Crippen molar-refractivity contribution in [2.75, 3.05) is 20.8 Å². The van der Waals surface area contributed by atoms with E-state index >= 15 is 0 Å². The van der Waals surface area contributed by atoms with Gasteiger partial charge < -0.3 is 9.47 Å². The molecule has 0 aliphatic carbocycles. The summed E-state index contributed by atoms with van der Waals surface area (Å²) in [5.41, 5.74) is 3.87. The third-order valence-corrected chi connectivity index (χ3v) is 2.31. The molecule has 0 saturated heterocycles. The van der Waals surface area contributed by atoms with Crippen molar-refractivity contribution in [1.29, 1.82) is 0 Å². The number of nitrogens with one attached hydrogen (secondary N) is 1. The summed E-state index contributed by atoms with van der Waals surface area (Å²) in [7, 11) is 3.33. The number of hydrogen-bond donors (Lipinski definition) is 2. The Balaban J connectivity index is 2.72. The molecule has 1 rings (SSSR count). The zero-order valence-corrected chi connectivity index (χ0v) is 9.19. The quantitative estimate of drug-likeness (QED) is 0.548. The molecule has 0 spiro atoms. The van der Waals surface area contributed by atoms with Gasteiger partial charge in [0.1, 0.15) is 5.75 Å². The molecule has 0 aromatic heterocycles. The number of nitrogens with two attached hydrogens (primary N) is 1. The van der Waals surface area contributed by atoms with E-state index in [-0.39, 0.29) is 6.04 Å². The first-order valence-electron chi connectivity index (χ1n) is 4.90.